The fourth-order valence-corrected chi connectivity index (χ4v) is 3.71. The van der Waals surface area contributed by atoms with Gasteiger partial charge in [-0.1, -0.05) is 24.3 Å². The lowest BCUT2D eigenvalue weighted by Gasteiger charge is -2.21. The van der Waals surface area contributed by atoms with Crippen LogP contribution in [0.25, 0.3) is 10.9 Å². The van der Waals surface area contributed by atoms with Crippen LogP contribution in [0.5, 0.6) is 0 Å². The number of fused-ring (bicyclic) bond motifs is 1. The smallest absolute Gasteiger partial charge is 0.0763 e. The zero-order valence-corrected chi connectivity index (χ0v) is 14.7. The van der Waals surface area contributed by atoms with E-state index >= 15 is 0 Å². The van der Waals surface area contributed by atoms with E-state index in [2.05, 4.69) is 35.0 Å². The maximum Gasteiger partial charge on any atom is 0.0763 e. The Morgan fingerprint density at radius 2 is 1.92 bits per heavy atom. The van der Waals surface area contributed by atoms with Crippen LogP contribution in [-0.4, -0.2) is 34.3 Å². The summed E-state index contributed by atoms with van der Waals surface area (Å²) in [5.74, 6) is 0.196. The molecule has 4 heteroatoms. The molecule has 4 rings (SSSR count). The van der Waals surface area contributed by atoms with Gasteiger partial charge in [0.1, 0.15) is 0 Å². The van der Waals surface area contributed by atoms with E-state index in [0.717, 1.165) is 35.3 Å². The van der Waals surface area contributed by atoms with Crippen molar-refractivity contribution in [3.05, 3.63) is 65.6 Å². The van der Waals surface area contributed by atoms with Crippen molar-refractivity contribution in [1.82, 2.24) is 9.97 Å². The van der Waals surface area contributed by atoms with Crippen LogP contribution in [0.3, 0.4) is 0 Å². The van der Waals surface area contributed by atoms with Crippen molar-refractivity contribution in [2.24, 2.45) is 5.92 Å². The van der Waals surface area contributed by atoms with E-state index < -0.39 is 0 Å². The Labute approximate surface area is 148 Å². The van der Waals surface area contributed by atoms with E-state index in [1.54, 1.807) is 0 Å². The number of aliphatic hydroxyl groups is 1. The molecule has 4 nitrogen and oxygen atoms in total. The van der Waals surface area contributed by atoms with Gasteiger partial charge in [0.05, 0.1) is 11.6 Å². The first-order chi connectivity index (χ1) is 12.1. The number of anilines is 1. The van der Waals surface area contributed by atoms with Gasteiger partial charge in [-0.15, -0.1) is 0 Å². The highest BCUT2D eigenvalue weighted by Crippen LogP contribution is 2.29. The Morgan fingerprint density at radius 1 is 1.08 bits per heavy atom. The van der Waals surface area contributed by atoms with Gasteiger partial charge in [0.15, 0.2) is 0 Å². The van der Waals surface area contributed by atoms with E-state index in [9.17, 15) is 5.11 Å². The molecule has 2 aromatic heterocycles. The predicted molar refractivity (Wildman–Crippen MR) is 101 cm³/mol. The summed E-state index contributed by atoms with van der Waals surface area (Å²) in [5, 5.41) is 11.7. The quantitative estimate of drug-likeness (QED) is 0.799. The number of hydrogen-bond donors (Lipinski definition) is 1. The Bertz CT molecular complexity index is 909. The minimum absolute atomic E-state index is 0.196. The van der Waals surface area contributed by atoms with Crippen LogP contribution in [0.4, 0.5) is 5.69 Å². The second-order valence-corrected chi connectivity index (χ2v) is 6.97. The molecule has 3 heterocycles. The van der Waals surface area contributed by atoms with Gasteiger partial charge in [0.2, 0.25) is 0 Å². The van der Waals surface area contributed by atoms with E-state index in [-0.39, 0.29) is 12.0 Å². The third-order valence-electron chi connectivity index (χ3n) is 5.30. The van der Waals surface area contributed by atoms with Gasteiger partial charge in [-0.05, 0) is 44.0 Å². The molecule has 1 aliphatic rings. The second-order valence-electron chi connectivity index (χ2n) is 6.97. The highest BCUT2D eigenvalue weighted by atomic mass is 16.3. The van der Waals surface area contributed by atoms with E-state index in [0.29, 0.717) is 6.54 Å². The maximum absolute atomic E-state index is 10.6. The SMILES string of the molecule is Cc1nccc(N2C[C@@H](Cc3ccc4ccccc4n3)[C@H](O)C2)c1C. The van der Waals surface area contributed by atoms with Crippen molar-refractivity contribution < 1.29 is 5.11 Å². The fraction of sp³-hybridized carbons (Fsp3) is 0.333. The summed E-state index contributed by atoms with van der Waals surface area (Å²) in [5.41, 5.74) is 5.49. The van der Waals surface area contributed by atoms with Crippen LogP contribution in [0.2, 0.25) is 0 Å². The van der Waals surface area contributed by atoms with Gasteiger partial charge in [0, 0.05) is 47.7 Å². The number of para-hydroxylation sites is 1. The summed E-state index contributed by atoms with van der Waals surface area (Å²) >= 11 is 0. The summed E-state index contributed by atoms with van der Waals surface area (Å²) in [4.78, 5) is 11.4. The average molecular weight is 333 g/mol. The second kappa shape index (κ2) is 6.45. The maximum atomic E-state index is 10.6. The Kier molecular flexibility index (Phi) is 4.14. The van der Waals surface area contributed by atoms with Crippen molar-refractivity contribution in [2.75, 3.05) is 18.0 Å². The van der Waals surface area contributed by atoms with Crippen LogP contribution >= 0.6 is 0 Å². The minimum Gasteiger partial charge on any atom is -0.391 e. The monoisotopic (exact) mass is 333 g/mol. The molecular formula is C21H23N3O. The van der Waals surface area contributed by atoms with Gasteiger partial charge in [-0.25, -0.2) is 0 Å². The Balaban J connectivity index is 1.54. The number of rotatable bonds is 3. The molecule has 1 aliphatic heterocycles. The molecule has 0 bridgehead atoms. The Morgan fingerprint density at radius 3 is 2.80 bits per heavy atom. The van der Waals surface area contributed by atoms with Crippen molar-refractivity contribution in [3.63, 3.8) is 0 Å². The third kappa shape index (κ3) is 3.10. The van der Waals surface area contributed by atoms with Gasteiger partial charge in [-0.2, -0.15) is 0 Å². The molecule has 25 heavy (non-hydrogen) atoms. The van der Waals surface area contributed by atoms with Gasteiger partial charge in [-0.3, -0.25) is 9.97 Å². The number of aliphatic hydroxyl groups excluding tert-OH is 1. The van der Waals surface area contributed by atoms with Gasteiger partial charge >= 0.3 is 0 Å². The first-order valence-electron chi connectivity index (χ1n) is 8.81. The molecule has 1 N–H and O–H groups in total. The lowest BCUT2D eigenvalue weighted by molar-refractivity contribution is 0.148. The molecule has 0 aliphatic carbocycles. The van der Waals surface area contributed by atoms with E-state index in [1.165, 1.54) is 11.3 Å². The summed E-state index contributed by atoms with van der Waals surface area (Å²) in [6.07, 6.45) is 2.31. The van der Waals surface area contributed by atoms with Crippen LogP contribution in [0.15, 0.2) is 48.7 Å². The molecule has 0 amide bonds. The highest BCUT2D eigenvalue weighted by molar-refractivity contribution is 5.78. The number of pyridine rings is 2. The summed E-state index contributed by atoms with van der Waals surface area (Å²) in [6, 6.07) is 14.4. The normalized spacial score (nSPS) is 20.4. The van der Waals surface area contributed by atoms with Crippen molar-refractivity contribution in [1.29, 1.82) is 0 Å². The molecular weight excluding hydrogens is 310 g/mol. The standard InChI is InChI=1S/C21H23N3O/c1-14-15(2)22-10-9-20(14)24-12-17(21(25)13-24)11-18-8-7-16-5-3-4-6-19(16)23-18/h3-10,17,21,25H,11-13H2,1-2H3/t17-,21-/m1/s1. The Hall–Kier alpha value is -2.46. The van der Waals surface area contributed by atoms with Gasteiger partial charge in [0.25, 0.3) is 0 Å². The summed E-state index contributed by atoms with van der Waals surface area (Å²) < 4.78 is 0. The van der Waals surface area contributed by atoms with Crippen molar-refractivity contribution >= 4 is 16.6 Å². The lowest BCUT2D eigenvalue weighted by atomic mass is 9.99. The van der Waals surface area contributed by atoms with Crippen molar-refractivity contribution in [3.8, 4) is 0 Å². The third-order valence-corrected chi connectivity index (χ3v) is 5.30. The molecule has 0 spiro atoms. The lowest BCUT2D eigenvalue weighted by Crippen LogP contribution is -2.22. The molecule has 1 saturated heterocycles. The van der Waals surface area contributed by atoms with Crippen molar-refractivity contribution in [2.45, 2.75) is 26.4 Å². The number of benzene rings is 1. The van der Waals surface area contributed by atoms with Crippen LogP contribution in [0, 0.1) is 19.8 Å². The molecule has 128 valence electrons. The number of nitrogens with zero attached hydrogens (tertiary/aromatic N) is 3. The van der Waals surface area contributed by atoms with Crippen LogP contribution in [-0.2, 0) is 6.42 Å². The molecule has 1 aromatic carbocycles. The predicted octanol–water partition coefficient (Wildman–Crippen LogP) is 3.29. The first kappa shape index (κ1) is 16.0. The van der Waals surface area contributed by atoms with Crippen LogP contribution < -0.4 is 4.90 Å². The zero-order chi connectivity index (χ0) is 17.4. The van der Waals surface area contributed by atoms with Gasteiger partial charge < -0.3 is 10.0 Å². The number of hydrogen-bond acceptors (Lipinski definition) is 4. The number of β-amino-alcohol motifs (C(OH)–C–C–N with tert-alkyl or cyclic N) is 1. The summed E-state index contributed by atoms with van der Waals surface area (Å²) in [7, 11) is 0. The zero-order valence-electron chi connectivity index (χ0n) is 14.7. The van der Waals surface area contributed by atoms with E-state index in [1.807, 2.05) is 37.4 Å². The molecule has 3 aromatic rings. The average Bonchev–Trinajstić information content (AvgIpc) is 2.97. The molecule has 0 radical (unpaired) electrons. The fourth-order valence-electron chi connectivity index (χ4n) is 3.71. The summed E-state index contributed by atoms with van der Waals surface area (Å²) in [6.45, 7) is 5.65. The highest BCUT2D eigenvalue weighted by Gasteiger charge is 2.32. The number of aryl methyl sites for hydroxylation is 1. The minimum atomic E-state index is -0.332. The number of aromatic nitrogens is 2. The molecule has 0 saturated carbocycles. The molecule has 2 atom stereocenters. The largest absolute Gasteiger partial charge is 0.391 e. The molecule has 0 unspecified atom stereocenters. The molecule has 1 fully saturated rings. The van der Waals surface area contributed by atoms with Crippen LogP contribution in [0.1, 0.15) is 17.0 Å². The topological polar surface area (TPSA) is 49.2 Å². The first-order valence-corrected chi connectivity index (χ1v) is 8.81. The van der Waals surface area contributed by atoms with E-state index in [4.69, 9.17) is 4.98 Å².